The molecule has 164 valence electrons. The standard InChI is InChI=1S/C30H28N2O/c31-20-10-9-15-25-27-21-23(22-11-3-1-4-12-22)18-19-28(27)32-30(25)26-16-7-8-17-29(26)33-24-13-5-2-6-14-24/h1-8,11-14,16-19,21,32H,9-10,15,20,31H2. The second kappa shape index (κ2) is 9.76. The van der Waals surface area contributed by atoms with E-state index in [0.29, 0.717) is 6.54 Å². The molecule has 0 spiro atoms. The van der Waals surface area contributed by atoms with E-state index in [2.05, 4.69) is 65.6 Å². The van der Waals surface area contributed by atoms with Crippen LogP contribution in [-0.2, 0) is 6.42 Å². The number of fused-ring (bicyclic) bond motifs is 1. The van der Waals surface area contributed by atoms with Crippen LogP contribution >= 0.6 is 0 Å². The fourth-order valence-electron chi connectivity index (χ4n) is 4.37. The molecule has 3 nitrogen and oxygen atoms in total. The third-order valence-electron chi connectivity index (χ3n) is 6.02. The second-order valence-corrected chi connectivity index (χ2v) is 8.26. The summed E-state index contributed by atoms with van der Waals surface area (Å²) in [5, 5.41) is 1.26. The molecule has 1 aromatic heterocycles. The Morgan fingerprint density at radius 3 is 2.21 bits per heavy atom. The number of hydrogen-bond acceptors (Lipinski definition) is 2. The molecule has 5 aromatic rings. The zero-order valence-electron chi connectivity index (χ0n) is 18.6. The predicted octanol–water partition coefficient (Wildman–Crippen LogP) is 7.58. The number of hydrogen-bond donors (Lipinski definition) is 2. The molecule has 4 aromatic carbocycles. The van der Waals surface area contributed by atoms with E-state index in [0.717, 1.165) is 47.5 Å². The van der Waals surface area contributed by atoms with Crippen LogP contribution in [0.5, 0.6) is 11.5 Å². The Bertz CT molecular complexity index is 1340. The summed E-state index contributed by atoms with van der Waals surface area (Å²) in [4.78, 5) is 3.70. The Morgan fingerprint density at radius 1 is 0.697 bits per heavy atom. The number of H-pyrrole nitrogens is 1. The highest BCUT2D eigenvalue weighted by Crippen LogP contribution is 2.39. The number of benzene rings is 4. The van der Waals surface area contributed by atoms with Crippen molar-refractivity contribution in [2.45, 2.75) is 19.3 Å². The van der Waals surface area contributed by atoms with E-state index in [1.54, 1.807) is 0 Å². The number of aromatic nitrogens is 1. The Labute approximate surface area is 194 Å². The first-order valence-corrected chi connectivity index (χ1v) is 11.6. The fourth-order valence-corrected chi connectivity index (χ4v) is 4.37. The van der Waals surface area contributed by atoms with Gasteiger partial charge < -0.3 is 15.5 Å². The zero-order chi connectivity index (χ0) is 22.5. The number of ether oxygens (including phenoxy) is 1. The van der Waals surface area contributed by atoms with E-state index in [4.69, 9.17) is 10.5 Å². The van der Waals surface area contributed by atoms with E-state index >= 15 is 0 Å². The van der Waals surface area contributed by atoms with Crippen molar-refractivity contribution in [1.82, 2.24) is 4.98 Å². The minimum atomic E-state index is 0.709. The van der Waals surface area contributed by atoms with Crippen LogP contribution in [0.25, 0.3) is 33.3 Å². The summed E-state index contributed by atoms with van der Waals surface area (Å²) in [6.07, 6.45) is 3.02. The summed E-state index contributed by atoms with van der Waals surface area (Å²) >= 11 is 0. The third-order valence-corrected chi connectivity index (χ3v) is 6.02. The maximum atomic E-state index is 6.29. The Morgan fingerprint density at radius 2 is 1.42 bits per heavy atom. The summed E-state index contributed by atoms with van der Waals surface area (Å²) in [5.74, 6) is 1.68. The van der Waals surface area contributed by atoms with Gasteiger partial charge in [-0.25, -0.2) is 0 Å². The lowest BCUT2D eigenvalue weighted by Crippen LogP contribution is -1.99. The van der Waals surface area contributed by atoms with Crippen LogP contribution in [0.1, 0.15) is 18.4 Å². The van der Waals surface area contributed by atoms with Crippen molar-refractivity contribution in [2.75, 3.05) is 6.54 Å². The maximum absolute atomic E-state index is 6.29. The molecule has 0 saturated heterocycles. The van der Waals surface area contributed by atoms with Crippen LogP contribution in [0.4, 0.5) is 0 Å². The molecule has 0 amide bonds. The summed E-state index contributed by atoms with van der Waals surface area (Å²) in [6, 6.07) is 35.4. The van der Waals surface area contributed by atoms with Crippen molar-refractivity contribution in [3.05, 3.63) is 109 Å². The monoisotopic (exact) mass is 432 g/mol. The first-order chi connectivity index (χ1) is 16.3. The van der Waals surface area contributed by atoms with Crippen LogP contribution in [0.2, 0.25) is 0 Å². The van der Waals surface area contributed by atoms with Crippen molar-refractivity contribution in [3.63, 3.8) is 0 Å². The molecule has 0 bridgehead atoms. The average molecular weight is 433 g/mol. The van der Waals surface area contributed by atoms with Crippen LogP contribution in [-0.4, -0.2) is 11.5 Å². The number of aromatic amines is 1. The molecule has 0 aliphatic carbocycles. The largest absolute Gasteiger partial charge is 0.457 e. The highest BCUT2D eigenvalue weighted by atomic mass is 16.5. The highest BCUT2D eigenvalue weighted by Gasteiger charge is 2.17. The Hall–Kier alpha value is -3.82. The first kappa shape index (κ1) is 21.0. The number of aryl methyl sites for hydroxylation is 1. The van der Waals surface area contributed by atoms with Gasteiger partial charge in [-0.15, -0.1) is 0 Å². The zero-order valence-corrected chi connectivity index (χ0v) is 18.6. The lowest BCUT2D eigenvalue weighted by atomic mass is 9.97. The number of nitrogens with one attached hydrogen (secondary N) is 1. The molecule has 0 fully saturated rings. The van der Waals surface area contributed by atoms with Gasteiger partial charge in [0.1, 0.15) is 11.5 Å². The molecular formula is C30H28N2O. The molecule has 0 aliphatic rings. The van der Waals surface area contributed by atoms with Gasteiger partial charge in [-0.3, -0.25) is 0 Å². The molecule has 0 saturated carbocycles. The molecule has 0 atom stereocenters. The van der Waals surface area contributed by atoms with Gasteiger partial charge in [0, 0.05) is 16.5 Å². The first-order valence-electron chi connectivity index (χ1n) is 11.6. The lowest BCUT2D eigenvalue weighted by molar-refractivity contribution is 0.484. The van der Waals surface area contributed by atoms with Crippen molar-refractivity contribution in [2.24, 2.45) is 5.73 Å². The summed E-state index contributed by atoms with van der Waals surface area (Å²) in [7, 11) is 0. The lowest BCUT2D eigenvalue weighted by Gasteiger charge is -2.12. The van der Waals surface area contributed by atoms with Gasteiger partial charge >= 0.3 is 0 Å². The minimum Gasteiger partial charge on any atom is -0.457 e. The minimum absolute atomic E-state index is 0.709. The number of nitrogens with two attached hydrogens (primary N) is 1. The summed E-state index contributed by atoms with van der Waals surface area (Å²) in [6.45, 7) is 0.709. The molecule has 33 heavy (non-hydrogen) atoms. The van der Waals surface area contributed by atoms with E-state index < -0.39 is 0 Å². The molecule has 0 unspecified atom stereocenters. The third kappa shape index (κ3) is 4.55. The van der Waals surface area contributed by atoms with Crippen molar-refractivity contribution < 1.29 is 4.74 Å². The van der Waals surface area contributed by atoms with Crippen LogP contribution < -0.4 is 10.5 Å². The van der Waals surface area contributed by atoms with Gasteiger partial charge in [-0.2, -0.15) is 0 Å². The molecular weight excluding hydrogens is 404 g/mol. The van der Waals surface area contributed by atoms with Crippen LogP contribution in [0.3, 0.4) is 0 Å². The maximum Gasteiger partial charge on any atom is 0.136 e. The average Bonchev–Trinajstić information content (AvgIpc) is 3.23. The van der Waals surface area contributed by atoms with Gasteiger partial charge in [0.05, 0.1) is 5.69 Å². The highest BCUT2D eigenvalue weighted by molar-refractivity contribution is 5.94. The van der Waals surface area contributed by atoms with Gasteiger partial charge in [-0.1, -0.05) is 66.7 Å². The molecule has 5 rings (SSSR count). The number of para-hydroxylation sites is 2. The van der Waals surface area contributed by atoms with Crippen molar-refractivity contribution in [1.29, 1.82) is 0 Å². The quantitative estimate of drug-likeness (QED) is 0.248. The molecule has 0 aliphatic heterocycles. The number of unbranched alkanes of at least 4 members (excludes halogenated alkanes) is 1. The van der Waals surface area contributed by atoms with Crippen molar-refractivity contribution in [3.8, 4) is 33.9 Å². The SMILES string of the molecule is NCCCCc1c(-c2ccccc2Oc2ccccc2)[nH]c2ccc(-c3ccccc3)cc12. The van der Waals surface area contributed by atoms with Crippen LogP contribution in [0, 0.1) is 0 Å². The number of rotatable bonds is 8. The smallest absolute Gasteiger partial charge is 0.136 e. The van der Waals surface area contributed by atoms with Gasteiger partial charge in [0.2, 0.25) is 0 Å². The Balaban J connectivity index is 1.63. The summed E-state index contributed by atoms with van der Waals surface area (Å²) in [5.41, 5.74) is 12.9. The Kier molecular flexibility index (Phi) is 6.23. The molecule has 0 radical (unpaired) electrons. The van der Waals surface area contributed by atoms with E-state index in [-0.39, 0.29) is 0 Å². The van der Waals surface area contributed by atoms with Gasteiger partial charge in [0.15, 0.2) is 0 Å². The van der Waals surface area contributed by atoms with E-state index in [1.165, 1.54) is 22.1 Å². The predicted molar refractivity (Wildman–Crippen MR) is 138 cm³/mol. The van der Waals surface area contributed by atoms with Gasteiger partial charge in [-0.05, 0) is 78.9 Å². The molecule has 3 heteroatoms. The van der Waals surface area contributed by atoms with Gasteiger partial charge in [0.25, 0.3) is 0 Å². The topological polar surface area (TPSA) is 51.0 Å². The van der Waals surface area contributed by atoms with Crippen LogP contribution in [0.15, 0.2) is 103 Å². The van der Waals surface area contributed by atoms with E-state index in [9.17, 15) is 0 Å². The fraction of sp³-hybridized carbons (Fsp3) is 0.133. The van der Waals surface area contributed by atoms with Crippen molar-refractivity contribution >= 4 is 10.9 Å². The molecule has 1 heterocycles. The van der Waals surface area contributed by atoms with E-state index in [1.807, 2.05) is 42.5 Å². The molecule has 3 N–H and O–H groups in total. The summed E-state index contributed by atoms with van der Waals surface area (Å²) < 4.78 is 6.29. The normalized spacial score (nSPS) is 11.1. The second-order valence-electron chi connectivity index (χ2n) is 8.26.